The lowest BCUT2D eigenvalue weighted by Crippen LogP contribution is -2.43. The zero-order valence-electron chi connectivity index (χ0n) is 14.7. The summed E-state index contributed by atoms with van der Waals surface area (Å²) < 4.78 is 5.16. The third kappa shape index (κ3) is 2.88. The third-order valence-electron chi connectivity index (χ3n) is 4.69. The van der Waals surface area contributed by atoms with Gasteiger partial charge >= 0.3 is 6.03 Å². The van der Waals surface area contributed by atoms with E-state index in [1.54, 1.807) is 55.6 Å². The highest BCUT2D eigenvalue weighted by molar-refractivity contribution is 6.07. The first-order valence-electron chi connectivity index (χ1n) is 8.31. The van der Waals surface area contributed by atoms with Crippen LogP contribution in [0.3, 0.4) is 0 Å². The molecule has 132 valence electrons. The highest BCUT2D eigenvalue weighted by atomic mass is 16.5. The van der Waals surface area contributed by atoms with Gasteiger partial charge in [-0.15, -0.1) is 0 Å². The molecule has 6 heteroatoms. The number of nitrogens with one attached hydrogen (secondary N) is 1. The second-order valence-electron chi connectivity index (χ2n) is 6.12. The highest BCUT2D eigenvalue weighted by Crippen LogP contribution is 2.34. The van der Waals surface area contributed by atoms with Crippen LogP contribution in [0.2, 0.25) is 0 Å². The lowest BCUT2D eigenvalue weighted by atomic mass is 9.87. The molecule has 0 aromatic heterocycles. The van der Waals surface area contributed by atoms with Crippen LogP contribution in [0, 0.1) is 11.3 Å². The Morgan fingerprint density at radius 2 is 1.92 bits per heavy atom. The van der Waals surface area contributed by atoms with Crippen molar-refractivity contribution in [1.29, 1.82) is 5.26 Å². The van der Waals surface area contributed by atoms with Crippen LogP contribution < -0.4 is 10.1 Å². The Balaban J connectivity index is 1.91. The topological polar surface area (TPSA) is 82.4 Å². The third-order valence-corrected chi connectivity index (χ3v) is 4.69. The van der Waals surface area contributed by atoms with Gasteiger partial charge in [-0.1, -0.05) is 31.2 Å². The van der Waals surface area contributed by atoms with Gasteiger partial charge in [-0.2, -0.15) is 5.26 Å². The molecule has 1 aliphatic heterocycles. The molecule has 0 spiro atoms. The number of amides is 3. The minimum Gasteiger partial charge on any atom is -0.497 e. The molecule has 1 fully saturated rings. The van der Waals surface area contributed by atoms with Crippen molar-refractivity contribution in [2.24, 2.45) is 0 Å². The number of nitrogens with zero attached hydrogens (tertiary/aromatic N) is 2. The van der Waals surface area contributed by atoms with Gasteiger partial charge < -0.3 is 10.1 Å². The number of benzene rings is 2. The number of rotatable bonds is 5. The number of hydrogen-bond acceptors (Lipinski definition) is 4. The van der Waals surface area contributed by atoms with Gasteiger partial charge in [0, 0.05) is 0 Å². The Morgan fingerprint density at radius 3 is 2.54 bits per heavy atom. The summed E-state index contributed by atoms with van der Waals surface area (Å²) in [5.41, 5.74) is 0.851. The molecule has 1 atom stereocenters. The molecule has 6 nitrogen and oxygen atoms in total. The molecule has 26 heavy (non-hydrogen) atoms. The number of ether oxygens (including phenoxy) is 1. The zero-order valence-corrected chi connectivity index (χ0v) is 14.7. The fraction of sp³-hybridized carbons (Fsp3) is 0.250. The molecule has 0 aliphatic carbocycles. The van der Waals surface area contributed by atoms with Crippen molar-refractivity contribution in [3.8, 4) is 11.8 Å². The van der Waals surface area contributed by atoms with E-state index in [-0.39, 0.29) is 12.5 Å². The average molecular weight is 349 g/mol. The van der Waals surface area contributed by atoms with Crippen molar-refractivity contribution < 1.29 is 14.3 Å². The van der Waals surface area contributed by atoms with E-state index in [1.165, 1.54) is 4.90 Å². The molecule has 0 unspecified atom stereocenters. The molecule has 1 N–H and O–H groups in total. The molecular formula is C20H19N3O3. The van der Waals surface area contributed by atoms with E-state index in [0.29, 0.717) is 23.3 Å². The maximum Gasteiger partial charge on any atom is 0.325 e. The summed E-state index contributed by atoms with van der Waals surface area (Å²) in [6.07, 6.45) is 0.429. The van der Waals surface area contributed by atoms with Gasteiger partial charge in [-0.05, 0) is 41.8 Å². The first-order valence-corrected chi connectivity index (χ1v) is 8.31. The summed E-state index contributed by atoms with van der Waals surface area (Å²) in [5, 5.41) is 11.9. The van der Waals surface area contributed by atoms with Gasteiger partial charge in [0.25, 0.3) is 5.91 Å². The van der Waals surface area contributed by atoms with Crippen LogP contribution in [0.25, 0.3) is 0 Å². The van der Waals surface area contributed by atoms with Gasteiger partial charge in [-0.25, -0.2) is 4.79 Å². The number of carbonyl (C=O) groups is 2. The van der Waals surface area contributed by atoms with E-state index < -0.39 is 11.6 Å². The summed E-state index contributed by atoms with van der Waals surface area (Å²) >= 11 is 0. The SMILES string of the molecule is CC[C@@]1(c2ccc(OC)cc2)NC(=O)N(Cc2cccc(C#N)c2)C1=O. The smallest absolute Gasteiger partial charge is 0.325 e. The van der Waals surface area contributed by atoms with Gasteiger partial charge in [0.2, 0.25) is 0 Å². The molecule has 2 aromatic carbocycles. The Labute approximate surface area is 152 Å². The number of nitriles is 1. The van der Waals surface area contributed by atoms with E-state index in [4.69, 9.17) is 10.00 Å². The zero-order chi connectivity index (χ0) is 18.7. The fourth-order valence-corrected chi connectivity index (χ4v) is 3.21. The largest absolute Gasteiger partial charge is 0.497 e. The monoisotopic (exact) mass is 349 g/mol. The van der Waals surface area contributed by atoms with Crippen LogP contribution in [0.4, 0.5) is 4.79 Å². The van der Waals surface area contributed by atoms with Crippen LogP contribution >= 0.6 is 0 Å². The van der Waals surface area contributed by atoms with Gasteiger partial charge in [0.1, 0.15) is 11.3 Å². The van der Waals surface area contributed by atoms with E-state index >= 15 is 0 Å². The minimum atomic E-state index is -1.09. The number of hydrogen-bond donors (Lipinski definition) is 1. The van der Waals surface area contributed by atoms with Crippen molar-refractivity contribution in [2.75, 3.05) is 7.11 Å². The molecule has 0 saturated carbocycles. The molecule has 1 saturated heterocycles. The molecular weight excluding hydrogens is 330 g/mol. The Bertz CT molecular complexity index is 886. The molecule has 0 bridgehead atoms. The molecule has 0 radical (unpaired) electrons. The molecule has 1 aliphatic rings. The average Bonchev–Trinajstić information content (AvgIpc) is 2.93. The first-order chi connectivity index (χ1) is 12.5. The van der Waals surface area contributed by atoms with Crippen LogP contribution in [0.15, 0.2) is 48.5 Å². The summed E-state index contributed by atoms with van der Waals surface area (Å²) in [6, 6.07) is 15.6. The molecule has 3 rings (SSSR count). The van der Waals surface area contributed by atoms with Gasteiger partial charge in [0.05, 0.1) is 25.3 Å². The second kappa shape index (κ2) is 6.89. The summed E-state index contributed by atoms with van der Waals surface area (Å²) in [4.78, 5) is 26.8. The van der Waals surface area contributed by atoms with Gasteiger partial charge in [-0.3, -0.25) is 9.69 Å². The van der Waals surface area contributed by atoms with Crippen molar-refractivity contribution >= 4 is 11.9 Å². The van der Waals surface area contributed by atoms with E-state index in [2.05, 4.69) is 11.4 Å². The van der Waals surface area contributed by atoms with Gasteiger partial charge in [0.15, 0.2) is 0 Å². The Hall–Kier alpha value is -3.33. The van der Waals surface area contributed by atoms with Crippen molar-refractivity contribution in [3.63, 3.8) is 0 Å². The number of carbonyl (C=O) groups excluding carboxylic acids is 2. The standard InChI is InChI=1S/C20H19N3O3/c1-3-20(16-7-9-17(26-2)10-8-16)18(24)23(19(25)22-20)13-15-6-4-5-14(11-15)12-21/h4-11H,3,13H2,1-2H3,(H,22,25)/t20-/m0/s1. The number of methoxy groups -OCH3 is 1. The summed E-state index contributed by atoms with van der Waals surface area (Å²) in [7, 11) is 1.57. The summed E-state index contributed by atoms with van der Waals surface area (Å²) in [6.45, 7) is 1.99. The number of imide groups is 1. The molecule has 3 amide bonds. The Morgan fingerprint density at radius 1 is 1.19 bits per heavy atom. The maximum absolute atomic E-state index is 13.1. The normalized spacial score (nSPS) is 19.2. The lowest BCUT2D eigenvalue weighted by Gasteiger charge is -2.26. The van der Waals surface area contributed by atoms with Crippen molar-refractivity contribution in [1.82, 2.24) is 10.2 Å². The maximum atomic E-state index is 13.1. The predicted molar refractivity (Wildman–Crippen MR) is 95.2 cm³/mol. The van der Waals surface area contributed by atoms with E-state index in [1.807, 2.05) is 6.92 Å². The molecule has 1 heterocycles. The fourth-order valence-electron chi connectivity index (χ4n) is 3.21. The van der Waals surface area contributed by atoms with E-state index in [0.717, 1.165) is 5.56 Å². The lowest BCUT2D eigenvalue weighted by molar-refractivity contribution is -0.132. The van der Waals surface area contributed by atoms with Crippen molar-refractivity contribution in [2.45, 2.75) is 25.4 Å². The van der Waals surface area contributed by atoms with Crippen LogP contribution in [-0.2, 0) is 16.9 Å². The van der Waals surface area contributed by atoms with E-state index in [9.17, 15) is 9.59 Å². The highest BCUT2D eigenvalue weighted by Gasteiger charge is 2.51. The Kier molecular flexibility index (Phi) is 4.63. The number of urea groups is 1. The quantitative estimate of drug-likeness (QED) is 0.842. The van der Waals surface area contributed by atoms with Crippen molar-refractivity contribution in [3.05, 3.63) is 65.2 Å². The van der Waals surface area contributed by atoms with Crippen LogP contribution in [0.1, 0.15) is 30.0 Å². The minimum absolute atomic E-state index is 0.123. The second-order valence-corrected chi connectivity index (χ2v) is 6.12. The predicted octanol–water partition coefficient (Wildman–Crippen LogP) is 2.92. The molecule has 2 aromatic rings. The summed E-state index contributed by atoms with van der Waals surface area (Å²) in [5.74, 6) is 0.388. The van der Waals surface area contributed by atoms with Crippen LogP contribution in [0.5, 0.6) is 5.75 Å². The first kappa shape index (κ1) is 17.5. The van der Waals surface area contributed by atoms with Crippen LogP contribution in [-0.4, -0.2) is 23.9 Å².